The number of benzene rings is 1. The zero-order valence-corrected chi connectivity index (χ0v) is 14.5. The van der Waals surface area contributed by atoms with Crippen molar-refractivity contribution in [1.29, 1.82) is 0 Å². The van der Waals surface area contributed by atoms with E-state index in [2.05, 4.69) is 10.4 Å². The Labute approximate surface area is 146 Å². The third-order valence-corrected chi connectivity index (χ3v) is 4.30. The molecule has 0 spiro atoms. The summed E-state index contributed by atoms with van der Waals surface area (Å²) in [5.74, 6) is 0.706. The van der Waals surface area contributed by atoms with Crippen LogP contribution in [0.1, 0.15) is 29.7 Å². The topological polar surface area (TPSA) is 56.2 Å². The van der Waals surface area contributed by atoms with Crippen molar-refractivity contribution in [2.45, 2.75) is 32.4 Å². The third-order valence-electron chi connectivity index (χ3n) is 3.90. The van der Waals surface area contributed by atoms with Crippen LogP contribution in [0.25, 0.3) is 6.08 Å². The van der Waals surface area contributed by atoms with E-state index in [0.717, 1.165) is 35.4 Å². The highest BCUT2D eigenvalue weighted by molar-refractivity contribution is 6.31. The van der Waals surface area contributed by atoms with E-state index in [1.807, 2.05) is 31.2 Å². The first-order valence-electron chi connectivity index (χ1n) is 7.91. The molecule has 0 saturated heterocycles. The van der Waals surface area contributed by atoms with Crippen LogP contribution in [0, 0.1) is 6.92 Å². The largest absolute Gasteiger partial charge is 0.497 e. The zero-order valence-electron chi connectivity index (χ0n) is 13.8. The molecule has 1 amide bonds. The molecule has 0 atom stereocenters. The fourth-order valence-corrected chi connectivity index (χ4v) is 2.74. The summed E-state index contributed by atoms with van der Waals surface area (Å²) < 4.78 is 6.96. The molecule has 0 aliphatic heterocycles. The maximum Gasteiger partial charge on any atom is 0.244 e. The molecule has 3 rings (SSSR count). The molecule has 1 heterocycles. The van der Waals surface area contributed by atoms with E-state index < -0.39 is 0 Å². The van der Waals surface area contributed by atoms with Gasteiger partial charge in [-0.2, -0.15) is 5.10 Å². The average molecular weight is 346 g/mol. The van der Waals surface area contributed by atoms with Gasteiger partial charge in [0.25, 0.3) is 0 Å². The van der Waals surface area contributed by atoms with Gasteiger partial charge in [0.15, 0.2) is 0 Å². The third kappa shape index (κ3) is 3.97. The Morgan fingerprint density at radius 1 is 1.50 bits per heavy atom. The van der Waals surface area contributed by atoms with Gasteiger partial charge in [0.2, 0.25) is 5.91 Å². The number of carbonyl (C=O) groups excluding carboxylic acids is 1. The molecule has 1 aromatic carbocycles. The number of amides is 1. The summed E-state index contributed by atoms with van der Waals surface area (Å²) >= 11 is 6.44. The smallest absolute Gasteiger partial charge is 0.244 e. The van der Waals surface area contributed by atoms with Crippen LogP contribution in [0.2, 0.25) is 5.15 Å². The Morgan fingerprint density at radius 2 is 2.29 bits per heavy atom. The zero-order chi connectivity index (χ0) is 17.1. The minimum Gasteiger partial charge on any atom is -0.497 e. The minimum absolute atomic E-state index is 0.0893. The molecule has 1 aromatic heterocycles. The summed E-state index contributed by atoms with van der Waals surface area (Å²) in [7, 11) is 1.64. The van der Waals surface area contributed by atoms with Gasteiger partial charge in [-0.05, 0) is 43.5 Å². The Hall–Kier alpha value is -2.27. The van der Waals surface area contributed by atoms with E-state index in [4.69, 9.17) is 16.3 Å². The van der Waals surface area contributed by atoms with Gasteiger partial charge in [-0.25, -0.2) is 4.68 Å². The van der Waals surface area contributed by atoms with Gasteiger partial charge in [0.1, 0.15) is 10.9 Å². The fraction of sp³-hybridized carbons (Fsp3) is 0.333. The molecular weight excluding hydrogens is 326 g/mol. The number of nitrogens with zero attached hydrogens (tertiary/aromatic N) is 2. The molecule has 0 bridgehead atoms. The lowest BCUT2D eigenvalue weighted by atomic mass is 10.2. The van der Waals surface area contributed by atoms with Crippen molar-refractivity contribution in [1.82, 2.24) is 15.1 Å². The number of nitrogens with one attached hydrogen (secondary N) is 1. The van der Waals surface area contributed by atoms with Crippen LogP contribution in [0.4, 0.5) is 0 Å². The number of aromatic nitrogens is 2. The van der Waals surface area contributed by atoms with Crippen molar-refractivity contribution >= 4 is 23.6 Å². The van der Waals surface area contributed by atoms with Crippen LogP contribution in [-0.4, -0.2) is 28.8 Å². The molecule has 1 aliphatic carbocycles. The molecule has 1 saturated carbocycles. The lowest BCUT2D eigenvalue weighted by Gasteiger charge is -2.06. The summed E-state index contributed by atoms with van der Waals surface area (Å²) in [6, 6.07) is 8.11. The second-order valence-electron chi connectivity index (χ2n) is 5.92. The van der Waals surface area contributed by atoms with Gasteiger partial charge in [-0.3, -0.25) is 4.79 Å². The quantitative estimate of drug-likeness (QED) is 0.818. The molecule has 1 N–H and O–H groups in total. The van der Waals surface area contributed by atoms with E-state index in [1.165, 1.54) is 6.08 Å². The lowest BCUT2D eigenvalue weighted by molar-refractivity contribution is -0.116. The number of aryl methyl sites for hydroxylation is 1. The van der Waals surface area contributed by atoms with Gasteiger partial charge >= 0.3 is 0 Å². The summed E-state index contributed by atoms with van der Waals surface area (Å²) in [5, 5.41) is 7.90. The molecule has 6 heteroatoms. The van der Waals surface area contributed by atoms with Gasteiger partial charge in [-0.15, -0.1) is 0 Å². The normalized spacial score (nSPS) is 14.1. The number of ether oxygens (including phenoxy) is 1. The van der Waals surface area contributed by atoms with Gasteiger partial charge in [0, 0.05) is 17.7 Å². The minimum atomic E-state index is -0.0893. The monoisotopic (exact) mass is 345 g/mol. The van der Waals surface area contributed by atoms with E-state index in [1.54, 1.807) is 17.9 Å². The first-order valence-corrected chi connectivity index (χ1v) is 8.29. The second kappa shape index (κ2) is 7.09. The highest BCUT2D eigenvalue weighted by atomic mass is 35.5. The summed E-state index contributed by atoms with van der Waals surface area (Å²) in [5.41, 5.74) is 2.60. The predicted octanol–water partition coefficient (Wildman–Crippen LogP) is 3.19. The molecule has 5 nitrogen and oxygen atoms in total. The first kappa shape index (κ1) is 16.6. The van der Waals surface area contributed by atoms with Crippen LogP contribution in [0.3, 0.4) is 0 Å². The van der Waals surface area contributed by atoms with Crippen molar-refractivity contribution in [3.05, 3.63) is 52.3 Å². The first-order chi connectivity index (χ1) is 11.6. The van der Waals surface area contributed by atoms with Gasteiger partial charge in [-0.1, -0.05) is 23.7 Å². The van der Waals surface area contributed by atoms with Crippen LogP contribution < -0.4 is 10.1 Å². The van der Waals surface area contributed by atoms with E-state index >= 15 is 0 Å². The molecule has 24 heavy (non-hydrogen) atoms. The highest BCUT2D eigenvalue weighted by Crippen LogP contribution is 2.23. The van der Waals surface area contributed by atoms with Crippen LogP contribution in [0.5, 0.6) is 5.75 Å². The Balaban J connectivity index is 1.75. The maximum absolute atomic E-state index is 11.8. The van der Waals surface area contributed by atoms with Gasteiger partial charge < -0.3 is 10.1 Å². The molecule has 0 unspecified atom stereocenters. The van der Waals surface area contributed by atoms with Crippen molar-refractivity contribution in [2.75, 3.05) is 7.11 Å². The lowest BCUT2D eigenvalue weighted by Crippen LogP contribution is -2.22. The van der Waals surface area contributed by atoms with Crippen molar-refractivity contribution < 1.29 is 9.53 Å². The Bertz CT molecular complexity index is 779. The number of halogens is 1. The van der Waals surface area contributed by atoms with Crippen molar-refractivity contribution in [3.8, 4) is 5.75 Å². The number of rotatable bonds is 6. The van der Waals surface area contributed by atoms with Gasteiger partial charge in [0.05, 0.1) is 19.3 Å². The van der Waals surface area contributed by atoms with Crippen molar-refractivity contribution in [2.24, 2.45) is 0 Å². The molecular formula is C18H20ClN3O2. The predicted molar refractivity (Wildman–Crippen MR) is 94.3 cm³/mol. The Kier molecular flexibility index (Phi) is 4.90. The van der Waals surface area contributed by atoms with E-state index in [-0.39, 0.29) is 5.91 Å². The number of carbonyl (C=O) groups is 1. The maximum atomic E-state index is 11.8. The van der Waals surface area contributed by atoms with Crippen LogP contribution in [0.15, 0.2) is 30.3 Å². The molecule has 0 radical (unpaired) electrons. The van der Waals surface area contributed by atoms with Crippen LogP contribution >= 0.6 is 11.6 Å². The van der Waals surface area contributed by atoms with E-state index in [0.29, 0.717) is 17.7 Å². The number of hydrogen-bond acceptors (Lipinski definition) is 3. The summed E-state index contributed by atoms with van der Waals surface area (Å²) in [6.45, 7) is 2.42. The Morgan fingerprint density at radius 3 is 3.00 bits per heavy atom. The number of hydrogen-bond donors (Lipinski definition) is 1. The van der Waals surface area contributed by atoms with Crippen LogP contribution in [-0.2, 0) is 11.3 Å². The fourth-order valence-electron chi connectivity index (χ4n) is 2.44. The average Bonchev–Trinajstić information content (AvgIpc) is 3.33. The molecule has 126 valence electrons. The van der Waals surface area contributed by atoms with Crippen molar-refractivity contribution in [3.63, 3.8) is 0 Å². The molecule has 1 aliphatic rings. The highest BCUT2D eigenvalue weighted by Gasteiger charge is 2.22. The number of methoxy groups -OCH3 is 1. The summed E-state index contributed by atoms with van der Waals surface area (Å²) in [6.07, 6.45) is 5.38. The van der Waals surface area contributed by atoms with E-state index in [9.17, 15) is 4.79 Å². The molecule has 1 fully saturated rings. The standard InChI is InChI=1S/C18H20ClN3O2/c1-12-16(8-9-17(23)20-14-6-7-14)18(19)22(21-12)11-13-4-3-5-15(10-13)24-2/h3-5,8-10,14H,6-7,11H2,1-2H3,(H,20,23)/b9-8+. The second-order valence-corrected chi connectivity index (χ2v) is 6.27. The molecule has 2 aromatic rings. The SMILES string of the molecule is COc1cccc(Cn2nc(C)c(/C=C/C(=O)NC3CC3)c2Cl)c1. The summed E-state index contributed by atoms with van der Waals surface area (Å²) in [4.78, 5) is 11.8.